The van der Waals surface area contributed by atoms with Crippen molar-refractivity contribution in [3.05, 3.63) is 52.6 Å². The van der Waals surface area contributed by atoms with Crippen LogP contribution in [0, 0.1) is 0 Å². The van der Waals surface area contributed by atoms with Crippen LogP contribution in [-0.2, 0) is 5.75 Å². The predicted molar refractivity (Wildman–Crippen MR) is 74.6 cm³/mol. The molecule has 0 aliphatic carbocycles. The molecule has 0 unspecified atom stereocenters. The van der Waals surface area contributed by atoms with E-state index in [4.69, 9.17) is 0 Å². The molecular weight excluding hydrogens is 336 g/mol. The van der Waals surface area contributed by atoms with Crippen LogP contribution < -0.4 is 4.74 Å². The summed E-state index contributed by atoms with van der Waals surface area (Å²) in [5.41, 5.74) is 1.09. The van der Waals surface area contributed by atoms with E-state index < -0.39 is 6.61 Å². The molecule has 0 radical (unpaired) electrons. The van der Waals surface area contributed by atoms with Crippen LogP contribution in [0.3, 0.4) is 0 Å². The number of benzene rings is 1. The number of ether oxygens (including phenoxy) is 1. The average Bonchev–Trinajstić information content (AvgIpc) is 2.40. The second-order valence-corrected chi connectivity index (χ2v) is 5.37. The summed E-state index contributed by atoms with van der Waals surface area (Å²) in [7, 11) is 0. The van der Waals surface area contributed by atoms with Crippen molar-refractivity contribution in [3.63, 3.8) is 0 Å². The molecule has 2 rings (SSSR count). The molecule has 1 heterocycles. The quantitative estimate of drug-likeness (QED) is 0.577. The van der Waals surface area contributed by atoms with Crippen LogP contribution in [0.5, 0.6) is 5.75 Å². The van der Waals surface area contributed by atoms with Crippen molar-refractivity contribution in [2.75, 3.05) is 0 Å². The maximum absolute atomic E-state index is 12.3. The highest BCUT2D eigenvalue weighted by atomic mass is 79.9. The lowest BCUT2D eigenvalue weighted by atomic mass is 10.2. The van der Waals surface area contributed by atoms with Crippen LogP contribution in [0.15, 0.2) is 52.1 Å². The molecule has 2 aromatic rings. The van der Waals surface area contributed by atoms with E-state index in [1.807, 2.05) is 30.3 Å². The Labute approximate surface area is 122 Å². The highest BCUT2D eigenvalue weighted by Crippen LogP contribution is 2.32. The van der Waals surface area contributed by atoms with E-state index in [-0.39, 0.29) is 5.75 Å². The first-order valence-electron chi connectivity index (χ1n) is 5.43. The zero-order chi connectivity index (χ0) is 13.7. The van der Waals surface area contributed by atoms with Crippen LogP contribution in [0.25, 0.3) is 0 Å². The Balaban J connectivity index is 2.12. The van der Waals surface area contributed by atoms with Crippen molar-refractivity contribution in [2.45, 2.75) is 17.4 Å². The number of hydrogen-bond donors (Lipinski definition) is 0. The Morgan fingerprint density at radius 1 is 1.16 bits per heavy atom. The summed E-state index contributed by atoms with van der Waals surface area (Å²) < 4.78 is 29.6. The zero-order valence-corrected chi connectivity index (χ0v) is 12.1. The summed E-state index contributed by atoms with van der Waals surface area (Å²) in [6.07, 6.45) is 0. The molecule has 2 nitrogen and oxygen atoms in total. The molecule has 1 aromatic heterocycles. The number of alkyl halides is 2. The molecule has 1 aromatic carbocycles. The van der Waals surface area contributed by atoms with Crippen molar-refractivity contribution in [1.29, 1.82) is 0 Å². The summed E-state index contributed by atoms with van der Waals surface area (Å²) in [6, 6.07) is 12.8. The maximum Gasteiger partial charge on any atom is 0.387 e. The number of pyridine rings is 1. The number of halogens is 3. The van der Waals surface area contributed by atoms with Gasteiger partial charge in [0.1, 0.15) is 9.63 Å². The van der Waals surface area contributed by atoms with Gasteiger partial charge in [0.25, 0.3) is 0 Å². The lowest BCUT2D eigenvalue weighted by molar-refractivity contribution is -0.0521. The van der Waals surface area contributed by atoms with Gasteiger partial charge in [-0.25, -0.2) is 4.98 Å². The number of thioether (sulfide) groups is 1. The van der Waals surface area contributed by atoms with Crippen LogP contribution in [-0.4, -0.2) is 11.6 Å². The molecule has 0 spiro atoms. The second kappa shape index (κ2) is 6.86. The summed E-state index contributed by atoms with van der Waals surface area (Å²) in [6.45, 7) is -2.85. The van der Waals surface area contributed by atoms with Crippen LogP contribution in [0.4, 0.5) is 8.78 Å². The Morgan fingerprint density at radius 3 is 2.58 bits per heavy atom. The number of hydrogen-bond acceptors (Lipinski definition) is 3. The van der Waals surface area contributed by atoms with Gasteiger partial charge in [-0.1, -0.05) is 42.1 Å². The third-order valence-electron chi connectivity index (χ3n) is 2.23. The average molecular weight is 346 g/mol. The van der Waals surface area contributed by atoms with E-state index in [1.54, 1.807) is 6.07 Å². The molecule has 19 heavy (non-hydrogen) atoms. The van der Waals surface area contributed by atoms with Crippen molar-refractivity contribution in [2.24, 2.45) is 0 Å². The fourth-order valence-electron chi connectivity index (χ4n) is 1.42. The summed E-state index contributed by atoms with van der Waals surface area (Å²) in [5, 5.41) is 0.443. The maximum atomic E-state index is 12.3. The van der Waals surface area contributed by atoms with Gasteiger partial charge in [-0.2, -0.15) is 8.78 Å². The van der Waals surface area contributed by atoms with Gasteiger partial charge < -0.3 is 4.74 Å². The van der Waals surface area contributed by atoms with Crippen molar-refractivity contribution in [3.8, 4) is 5.75 Å². The second-order valence-electron chi connectivity index (χ2n) is 3.59. The standard InChI is InChI=1S/C13H10BrF2NOS/c14-11-7-6-10(18-13(15)16)12(17-11)19-8-9-4-2-1-3-5-9/h1-7,13H,8H2. The molecule has 0 amide bonds. The first-order valence-corrected chi connectivity index (χ1v) is 7.21. The number of aromatic nitrogens is 1. The molecule has 0 bridgehead atoms. The molecule has 0 atom stereocenters. The summed E-state index contributed by atoms with van der Waals surface area (Å²) in [5.74, 6) is 0.739. The van der Waals surface area contributed by atoms with Gasteiger partial charge >= 0.3 is 6.61 Å². The van der Waals surface area contributed by atoms with Crippen molar-refractivity contribution < 1.29 is 13.5 Å². The minimum Gasteiger partial charge on any atom is -0.432 e. The smallest absolute Gasteiger partial charge is 0.387 e. The zero-order valence-electron chi connectivity index (χ0n) is 9.72. The van der Waals surface area contributed by atoms with Crippen LogP contribution in [0.2, 0.25) is 0 Å². The molecule has 0 fully saturated rings. The van der Waals surface area contributed by atoms with Gasteiger partial charge in [0.05, 0.1) is 0 Å². The minimum atomic E-state index is -2.85. The molecule has 0 saturated heterocycles. The highest BCUT2D eigenvalue weighted by Gasteiger charge is 2.12. The number of nitrogens with zero attached hydrogens (tertiary/aromatic N) is 1. The van der Waals surface area contributed by atoms with Gasteiger partial charge in [0.2, 0.25) is 0 Å². The SMILES string of the molecule is FC(F)Oc1ccc(Br)nc1SCc1ccccc1. The van der Waals surface area contributed by atoms with Crippen molar-refractivity contribution >= 4 is 27.7 Å². The Bertz CT molecular complexity index is 539. The Kier molecular flexibility index (Phi) is 5.15. The Hall–Kier alpha value is -1.14. The third-order valence-corrected chi connectivity index (χ3v) is 3.71. The van der Waals surface area contributed by atoms with E-state index in [2.05, 4.69) is 25.7 Å². The van der Waals surface area contributed by atoms with E-state index in [0.29, 0.717) is 15.4 Å². The van der Waals surface area contributed by atoms with E-state index in [1.165, 1.54) is 17.8 Å². The van der Waals surface area contributed by atoms with Gasteiger partial charge in [0.15, 0.2) is 5.75 Å². The predicted octanol–water partition coefficient (Wildman–Crippen LogP) is 4.74. The minimum absolute atomic E-state index is 0.0964. The summed E-state index contributed by atoms with van der Waals surface area (Å²) >= 11 is 4.58. The largest absolute Gasteiger partial charge is 0.432 e. The molecule has 0 aliphatic rings. The van der Waals surface area contributed by atoms with Gasteiger partial charge in [-0.05, 0) is 33.6 Å². The highest BCUT2D eigenvalue weighted by molar-refractivity contribution is 9.10. The monoisotopic (exact) mass is 345 g/mol. The molecule has 0 saturated carbocycles. The lowest BCUT2D eigenvalue weighted by Crippen LogP contribution is -2.03. The molecule has 6 heteroatoms. The first kappa shape index (κ1) is 14.3. The number of rotatable bonds is 5. The van der Waals surface area contributed by atoms with Crippen LogP contribution >= 0.6 is 27.7 Å². The molecule has 0 aliphatic heterocycles. The normalized spacial score (nSPS) is 10.7. The topological polar surface area (TPSA) is 22.1 Å². The van der Waals surface area contributed by atoms with Gasteiger partial charge in [0, 0.05) is 5.75 Å². The van der Waals surface area contributed by atoms with E-state index in [9.17, 15) is 8.78 Å². The Morgan fingerprint density at radius 2 is 1.89 bits per heavy atom. The fourth-order valence-corrected chi connectivity index (χ4v) is 2.76. The molecule has 100 valence electrons. The molecular formula is C13H10BrF2NOS. The van der Waals surface area contributed by atoms with Crippen LogP contribution in [0.1, 0.15) is 5.56 Å². The molecule has 0 N–H and O–H groups in total. The first-order chi connectivity index (χ1) is 9.15. The summed E-state index contributed by atoms with van der Waals surface area (Å²) in [4.78, 5) is 4.16. The van der Waals surface area contributed by atoms with E-state index >= 15 is 0 Å². The van der Waals surface area contributed by atoms with Gasteiger partial charge in [-0.15, -0.1) is 0 Å². The van der Waals surface area contributed by atoms with Crippen molar-refractivity contribution in [1.82, 2.24) is 4.98 Å². The van der Waals surface area contributed by atoms with Gasteiger partial charge in [-0.3, -0.25) is 0 Å². The van der Waals surface area contributed by atoms with E-state index in [0.717, 1.165) is 5.56 Å². The fraction of sp³-hybridized carbons (Fsp3) is 0.154. The lowest BCUT2D eigenvalue weighted by Gasteiger charge is -2.09. The third kappa shape index (κ3) is 4.47.